The molecule has 1 N–H and O–H groups in total. The van der Waals surface area contributed by atoms with Crippen LogP contribution in [0.25, 0.3) is 0 Å². The second kappa shape index (κ2) is 5.94. The summed E-state index contributed by atoms with van der Waals surface area (Å²) in [5, 5.41) is 3.88. The third-order valence-corrected chi connectivity index (χ3v) is 5.39. The predicted molar refractivity (Wildman–Crippen MR) is 85.0 cm³/mol. The first-order valence-corrected chi connectivity index (χ1v) is 8.75. The molecule has 3 aliphatic rings. The van der Waals surface area contributed by atoms with E-state index >= 15 is 0 Å². The van der Waals surface area contributed by atoms with Crippen LogP contribution in [0.5, 0.6) is 0 Å². The number of nitrogens with zero attached hydrogens (tertiary/aromatic N) is 2. The smallest absolute Gasteiger partial charge is 0.0126 e. The number of hydrogen-bond donors (Lipinski definition) is 1. The van der Waals surface area contributed by atoms with Gasteiger partial charge in [0.25, 0.3) is 0 Å². The first-order valence-electron chi connectivity index (χ1n) is 8.75. The summed E-state index contributed by atoms with van der Waals surface area (Å²) in [7, 11) is 0. The summed E-state index contributed by atoms with van der Waals surface area (Å²) in [6, 6.07) is 0.867. The first kappa shape index (κ1) is 14.8. The minimum Gasteiger partial charge on any atom is -0.312 e. The van der Waals surface area contributed by atoms with E-state index < -0.39 is 0 Å². The molecular formula is C17H33N3. The Labute approximate surface area is 125 Å². The van der Waals surface area contributed by atoms with Gasteiger partial charge in [0.05, 0.1) is 0 Å². The molecule has 0 spiro atoms. The second-order valence-electron chi connectivity index (χ2n) is 8.15. The van der Waals surface area contributed by atoms with Crippen molar-refractivity contribution >= 4 is 0 Å². The van der Waals surface area contributed by atoms with Crippen molar-refractivity contribution in [2.24, 2.45) is 11.8 Å². The standard InChI is InChI=1S/C17H33N3/c1-17(2,3)20-12-10-19(11-13-20)9-8-18-16(14-4-5-14)15-6-7-15/h14-16,18H,4-13H2,1-3H3. The van der Waals surface area contributed by atoms with Gasteiger partial charge in [0.1, 0.15) is 0 Å². The van der Waals surface area contributed by atoms with Crippen molar-refractivity contribution in [2.45, 2.75) is 58.0 Å². The highest BCUT2D eigenvalue weighted by Gasteiger charge is 2.40. The van der Waals surface area contributed by atoms with Gasteiger partial charge in [-0.25, -0.2) is 0 Å². The van der Waals surface area contributed by atoms with E-state index in [1.165, 1.54) is 65.0 Å². The molecule has 0 aromatic rings. The highest BCUT2D eigenvalue weighted by molar-refractivity contribution is 4.96. The van der Waals surface area contributed by atoms with Gasteiger partial charge in [-0.3, -0.25) is 9.80 Å². The van der Waals surface area contributed by atoms with Crippen LogP contribution in [-0.2, 0) is 0 Å². The van der Waals surface area contributed by atoms with Crippen LogP contribution in [0.2, 0.25) is 0 Å². The van der Waals surface area contributed by atoms with Crippen molar-refractivity contribution in [3.63, 3.8) is 0 Å². The van der Waals surface area contributed by atoms with Crippen LogP contribution in [-0.4, -0.2) is 60.6 Å². The monoisotopic (exact) mass is 279 g/mol. The lowest BCUT2D eigenvalue weighted by molar-refractivity contribution is 0.0623. The van der Waals surface area contributed by atoms with Crippen molar-refractivity contribution in [1.29, 1.82) is 0 Å². The largest absolute Gasteiger partial charge is 0.312 e. The summed E-state index contributed by atoms with van der Waals surface area (Å²) in [4.78, 5) is 5.26. The molecule has 0 aromatic heterocycles. The molecule has 0 atom stereocenters. The van der Waals surface area contributed by atoms with E-state index in [1.807, 2.05) is 0 Å². The average molecular weight is 279 g/mol. The molecule has 1 saturated heterocycles. The Balaban J connectivity index is 1.33. The molecule has 2 saturated carbocycles. The van der Waals surface area contributed by atoms with Crippen LogP contribution in [0, 0.1) is 11.8 Å². The first-order chi connectivity index (χ1) is 9.54. The quantitative estimate of drug-likeness (QED) is 0.804. The van der Waals surface area contributed by atoms with Crippen LogP contribution in [0.1, 0.15) is 46.5 Å². The Hall–Kier alpha value is -0.120. The zero-order valence-corrected chi connectivity index (χ0v) is 13.7. The van der Waals surface area contributed by atoms with E-state index in [2.05, 4.69) is 35.9 Å². The molecule has 116 valence electrons. The van der Waals surface area contributed by atoms with Crippen LogP contribution in [0.15, 0.2) is 0 Å². The highest BCUT2D eigenvalue weighted by Crippen LogP contribution is 2.44. The highest BCUT2D eigenvalue weighted by atomic mass is 15.3. The Morgan fingerprint density at radius 1 is 0.950 bits per heavy atom. The molecule has 3 nitrogen and oxygen atoms in total. The molecule has 3 fully saturated rings. The summed E-state index contributed by atoms with van der Waals surface area (Å²) in [5.74, 6) is 2.06. The lowest BCUT2D eigenvalue weighted by atomic mass is 10.0. The van der Waals surface area contributed by atoms with Crippen LogP contribution in [0.4, 0.5) is 0 Å². The molecule has 20 heavy (non-hydrogen) atoms. The molecule has 1 aliphatic heterocycles. The Morgan fingerprint density at radius 3 is 1.95 bits per heavy atom. The molecule has 0 radical (unpaired) electrons. The number of hydrogen-bond acceptors (Lipinski definition) is 3. The third-order valence-electron chi connectivity index (χ3n) is 5.39. The maximum absolute atomic E-state index is 3.88. The number of piperazine rings is 1. The van der Waals surface area contributed by atoms with Crippen LogP contribution in [0.3, 0.4) is 0 Å². The minimum absolute atomic E-state index is 0.341. The van der Waals surface area contributed by atoms with Gasteiger partial charge in [0.15, 0.2) is 0 Å². The van der Waals surface area contributed by atoms with E-state index in [0.29, 0.717) is 5.54 Å². The Bertz CT molecular complexity index is 295. The van der Waals surface area contributed by atoms with Crippen molar-refractivity contribution in [1.82, 2.24) is 15.1 Å². The molecule has 0 unspecified atom stereocenters. The Morgan fingerprint density at radius 2 is 1.50 bits per heavy atom. The molecule has 0 amide bonds. The lowest BCUT2D eigenvalue weighted by Gasteiger charge is -2.42. The molecule has 1 heterocycles. The topological polar surface area (TPSA) is 18.5 Å². The third kappa shape index (κ3) is 3.96. The van der Waals surface area contributed by atoms with Gasteiger partial charge in [-0.1, -0.05) is 0 Å². The molecule has 0 aromatic carbocycles. The van der Waals surface area contributed by atoms with Gasteiger partial charge in [0.2, 0.25) is 0 Å². The number of nitrogens with one attached hydrogen (secondary N) is 1. The van der Waals surface area contributed by atoms with Gasteiger partial charge >= 0.3 is 0 Å². The van der Waals surface area contributed by atoms with Crippen molar-refractivity contribution < 1.29 is 0 Å². The normalized spacial score (nSPS) is 26.4. The number of rotatable bonds is 6. The minimum atomic E-state index is 0.341. The van der Waals surface area contributed by atoms with Gasteiger partial charge in [0, 0.05) is 50.8 Å². The van der Waals surface area contributed by atoms with Crippen LogP contribution < -0.4 is 5.32 Å². The lowest BCUT2D eigenvalue weighted by Crippen LogP contribution is -2.54. The van der Waals surface area contributed by atoms with E-state index in [4.69, 9.17) is 0 Å². The fourth-order valence-electron chi connectivity index (χ4n) is 3.66. The van der Waals surface area contributed by atoms with Crippen molar-refractivity contribution in [2.75, 3.05) is 39.3 Å². The van der Waals surface area contributed by atoms with Crippen molar-refractivity contribution in [3.8, 4) is 0 Å². The van der Waals surface area contributed by atoms with E-state index in [0.717, 1.165) is 17.9 Å². The molecule has 3 heteroatoms. The fraction of sp³-hybridized carbons (Fsp3) is 1.00. The zero-order valence-electron chi connectivity index (χ0n) is 13.7. The summed E-state index contributed by atoms with van der Waals surface area (Å²) >= 11 is 0. The summed E-state index contributed by atoms with van der Waals surface area (Å²) in [6.07, 6.45) is 5.94. The predicted octanol–water partition coefficient (Wildman–Crippen LogP) is 2.18. The zero-order chi connectivity index (χ0) is 14.2. The average Bonchev–Trinajstić information content (AvgIpc) is 3.27. The van der Waals surface area contributed by atoms with Crippen molar-refractivity contribution in [3.05, 3.63) is 0 Å². The van der Waals surface area contributed by atoms with Gasteiger partial charge in [-0.2, -0.15) is 0 Å². The van der Waals surface area contributed by atoms with E-state index in [-0.39, 0.29) is 0 Å². The summed E-state index contributed by atoms with van der Waals surface area (Å²) in [5.41, 5.74) is 0.341. The van der Waals surface area contributed by atoms with Gasteiger partial charge < -0.3 is 5.32 Å². The molecule has 0 bridgehead atoms. The van der Waals surface area contributed by atoms with E-state index in [9.17, 15) is 0 Å². The fourth-order valence-corrected chi connectivity index (χ4v) is 3.66. The van der Waals surface area contributed by atoms with Crippen LogP contribution >= 0.6 is 0 Å². The maximum atomic E-state index is 3.88. The summed E-state index contributed by atoms with van der Waals surface area (Å²) < 4.78 is 0. The van der Waals surface area contributed by atoms with Gasteiger partial charge in [-0.15, -0.1) is 0 Å². The molecular weight excluding hydrogens is 246 g/mol. The van der Waals surface area contributed by atoms with E-state index in [1.54, 1.807) is 0 Å². The summed E-state index contributed by atoms with van der Waals surface area (Å²) in [6.45, 7) is 14.4. The Kier molecular flexibility index (Phi) is 4.40. The van der Waals surface area contributed by atoms with Gasteiger partial charge in [-0.05, 0) is 58.3 Å². The molecule has 3 rings (SSSR count). The SMILES string of the molecule is CC(C)(C)N1CCN(CCNC(C2CC2)C2CC2)CC1. The molecule has 2 aliphatic carbocycles. The maximum Gasteiger partial charge on any atom is 0.0126 e. The second-order valence-corrected chi connectivity index (χ2v) is 8.15.